The number of alkyl halides is 2. The van der Waals surface area contributed by atoms with Gasteiger partial charge in [-0.3, -0.25) is 4.79 Å². The lowest BCUT2D eigenvalue weighted by atomic mass is 10.1. The molecule has 2 aromatic rings. The number of halogens is 2. The fourth-order valence-corrected chi connectivity index (χ4v) is 2.39. The van der Waals surface area contributed by atoms with Crippen molar-refractivity contribution in [1.29, 1.82) is 0 Å². The molecule has 0 fully saturated rings. The Kier molecular flexibility index (Phi) is 7.16. The Labute approximate surface area is 156 Å². The summed E-state index contributed by atoms with van der Waals surface area (Å²) in [7, 11) is 4.76. The average molecular weight is 377 g/mol. The van der Waals surface area contributed by atoms with Gasteiger partial charge in [0.05, 0.1) is 14.2 Å². The second kappa shape index (κ2) is 9.56. The molecule has 7 heteroatoms. The van der Waals surface area contributed by atoms with E-state index in [1.165, 1.54) is 23.1 Å². The number of hydrogen-bond donors (Lipinski definition) is 0. The molecule has 0 spiro atoms. The Morgan fingerprint density at radius 1 is 1.07 bits per heavy atom. The average Bonchev–Trinajstić information content (AvgIpc) is 2.66. The molecule has 0 saturated carbocycles. The van der Waals surface area contributed by atoms with E-state index < -0.39 is 6.61 Å². The number of rotatable bonds is 8. The molecule has 1 amide bonds. The highest BCUT2D eigenvalue weighted by Crippen LogP contribution is 2.25. The van der Waals surface area contributed by atoms with E-state index in [1.54, 1.807) is 57.7 Å². The summed E-state index contributed by atoms with van der Waals surface area (Å²) in [5.41, 5.74) is 1.51. The molecule has 0 bridgehead atoms. The van der Waals surface area contributed by atoms with Gasteiger partial charge in [0.2, 0.25) is 5.91 Å². The second-order valence-electron chi connectivity index (χ2n) is 5.66. The van der Waals surface area contributed by atoms with Crippen molar-refractivity contribution in [2.45, 2.75) is 13.2 Å². The molecule has 0 aliphatic heterocycles. The number of hydrogen-bond acceptors (Lipinski definition) is 4. The van der Waals surface area contributed by atoms with Gasteiger partial charge in [-0.05, 0) is 42.0 Å². The van der Waals surface area contributed by atoms with Crippen molar-refractivity contribution in [3.63, 3.8) is 0 Å². The first-order chi connectivity index (χ1) is 12.9. The van der Waals surface area contributed by atoms with Gasteiger partial charge in [-0.25, -0.2) is 0 Å². The van der Waals surface area contributed by atoms with Gasteiger partial charge >= 0.3 is 6.61 Å². The van der Waals surface area contributed by atoms with Gasteiger partial charge in [0.25, 0.3) is 0 Å². The van der Waals surface area contributed by atoms with Crippen LogP contribution in [-0.4, -0.2) is 38.7 Å². The molecule has 27 heavy (non-hydrogen) atoms. The molecule has 0 aromatic heterocycles. The van der Waals surface area contributed by atoms with Crippen LogP contribution in [0.25, 0.3) is 6.08 Å². The normalized spacial score (nSPS) is 10.9. The van der Waals surface area contributed by atoms with Gasteiger partial charge in [-0.1, -0.05) is 12.1 Å². The van der Waals surface area contributed by atoms with E-state index in [0.717, 1.165) is 5.56 Å². The highest BCUT2D eigenvalue weighted by Gasteiger charge is 2.09. The Morgan fingerprint density at radius 2 is 1.74 bits per heavy atom. The molecule has 0 N–H and O–H groups in total. The zero-order valence-corrected chi connectivity index (χ0v) is 15.3. The maximum Gasteiger partial charge on any atom is 0.387 e. The maximum absolute atomic E-state index is 12.3. The van der Waals surface area contributed by atoms with Crippen molar-refractivity contribution < 1.29 is 27.8 Å². The first-order valence-corrected chi connectivity index (χ1v) is 8.12. The number of ether oxygens (including phenoxy) is 3. The van der Waals surface area contributed by atoms with Gasteiger partial charge in [0.1, 0.15) is 17.2 Å². The summed E-state index contributed by atoms with van der Waals surface area (Å²) < 4.78 is 39.1. The minimum atomic E-state index is -2.86. The molecule has 2 aromatic carbocycles. The van der Waals surface area contributed by atoms with Crippen LogP contribution in [-0.2, 0) is 11.3 Å². The van der Waals surface area contributed by atoms with E-state index in [1.807, 2.05) is 0 Å². The van der Waals surface area contributed by atoms with E-state index in [0.29, 0.717) is 23.6 Å². The molecule has 144 valence electrons. The Bertz CT molecular complexity index is 791. The lowest BCUT2D eigenvalue weighted by molar-refractivity contribution is -0.125. The molecule has 0 saturated heterocycles. The standard InChI is InChI=1S/C20H21F2NO4/c1-23(13-14-4-7-16(8-5-14)27-20(21)22)19(24)11-6-15-12-17(25-2)9-10-18(15)26-3/h4-12,20H,13H2,1-3H3/b11-6-. The largest absolute Gasteiger partial charge is 0.497 e. The molecule has 0 atom stereocenters. The summed E-state index contributed by atoms with van der Waals surface area (Å²) in [6, 6.07) is 11.5. The number of likely N-dealkylation sites (N-methyl/N-ethyl adjacent to an activating group) is 1. The zero-order chi connectivity index (χ0) is 19.8. The van der Waals surface area contributed by atoms with Crippen molar-refractivity contribution in [3.8, 4) is 17.2 Å². The van der Waals surface area contributed by atoms with Crippen molar-refractivity contribution >= 4 is 12.0 Å². The predicted octanol–water partition coefficient (Wildman–Crippen LogP) is 3.98. The number of benzene rings is 2. The Hall–Kier alpha value is -3.09. The van der Waals surface area contributed by atoms with Crippen LogP contribution in [0.15, 0.2) is 48.5 Å². The van der Waals surface area contributed by atoms with Crippen molar-refractivity contribution in [2.75, 3.05) is 21.3 Å². The predicted molar refractivity (Wildman–Crippen MR) is 98.1 cm³/mol. The number of nitrogens with zero attached hydrogens (tertiary/aromatic N) is 1. The summed E-state index contributed by atoms with van der Waals surface area (Å²) in [6.07, 6.45) is 3.09. The van der Waals surface area contributed by atoms with Gasteiger partial charge in [0, 0.05) is 25.2 Å². The van der Waals surface area contributed by atoms with E-state index in [2.05, 4.69) is 4.74 Å². The maximum atomic E-state index is 12.3. The van der Waals surface area contributed by atoms with Crippen LogP contribution in [0.4, 0.5) is 8.78 Å². The first kappa shape index (κ1) is 20.2. The molecule has 0 aliphatic carbocycles. The van der Waals surface area contributed by atoms with Gasteiger partial charge in [-0.15, -0.1) is 0 Å². The van der Waals surface area contributed by atoms with E-state index in [9.17, 15) is 13.6 Å². The third-order valence-corrected chi connectivity index (χ3v) is 3.79. The second-order valence-corrected chi connectivity index (χ2v) is 5.66. The molecule has 0 radical (unpaired) electrons. The van der Waals surface area contributed by atoms with Crippen LogP contribution >= 0.6 is 0 Å². The van der Waals surface area contributed by atoms with Crippen LogP contribution < -0.4 is 14.2 Å². The summed E-state index contributed by atoms with van der Waals surface area (Å²) >= 11 is 0. The molecular formula is C20H21F2NO4. The number of carbonyl (C=O) groups excluding carboxylic acids is 1. The number of amides is 1. The lowest BCUT2D eigenvalue weighted by Gasteiger charge is -2.15. The summed E-state index contributed by atoms with van der Waals surface area (Å²) in [5, 5.41) is 0. The Morgan fingerprint density at radius 3 is 2.33 bits per heavy atom. The van der Waals surface area contributed by atoms with Gasteiger partial charge in [0.15, 0.2) is 0 Å². The molecule has 0 aliphatic rings. The summed E-state index contributed by atoms with van der Waals surface area (Å²) in [4.78, 5) is 13.8. The number of carbonyl (C=O) groups is 1. The minimum absolute atomic E-state index is 0.0766. The minimum Gasteiger partial charge on any atom is -0.497 e. The fourth-order valence-electron chi connectivity index (χ4n) is 2.39. The van der Waals surface area contributed by atoms with E-state index in [-0.39, 0.29) is 11.7 Å². The first-order valence-electron chi connectivity index (χ1n) is 8.12. The third-order valence-electron chi connectivity index (χ3n) is 3.79. The highest BCUT2D eigenvalue weighted by molar-refractivity contribution is 5.92. The van der Waals surface area contributed by atoms with Crippen LogP contribution in [0.5, 0.6) is 17.2 Å². The van der Waals surface area contributed by atoms with Crippen LogP contribution in [0, 0.1) is 0 Å². The number of methoxy groups -OCH3 is 2. The molecular weight excluding hydrogens is 356 g/mol. The van der Waals surface area contributed by atoms with Crippen molar-refractivity contribution in [1.82, 2.24) is 4.90 Å². The summed E-state index contributed by atoms with van der Waals surface area (Å²) in [5.74, 6) is 1.14. The lowest BCUT2D eigenvalue weighted by Crippen LogP contribution is -2.24. The van der Waals surface area contributed by atoms with Crippen LogP contribution in [0.2, 0.25) is 0 Å². The topological polar surface area (TPSA) is 48.0 Å². The quantitative estimate of drug-likeness (QED) is 0.653. The highest BCUT2D eigenvalue weighted by atomic mass is 19.3. The molecule has 0 heterocycles. The van der Waals surface area contributed by atoms with Gasteiger partial charge < -0.3 is 19.1 Å². The van der Waals surface area contributed by atoms with E-state index in [4.69, 9.17) is 9.47 Å². The summed E-state index contributed by atoms with van der Waals surface area (Å²) in [6.45, 7) is -2.54. The zero-order valence-electron chi connectivity index (χ0n) is 15.3. The van der Waals surface area contributed by atoms with Crippen LogP contribution in [0.1, 0.15) is 11.1 Å². The SMILES string of the molecule is COc1ccc(OC)c(/C=C\C(=O)N(C)Cc2ccc(OC(F)F)cc2)c1. The molecule has 0 unspecified atom stereocenters. The van der Waals surface area contributed by atoms with Crippen molar-refractivity contribution in [3.05, 3.63) is 59.7 Å². The Balaban J connectivity index is 2.02. The van der Waals surface area contributed by atoms with Crippen molar-refractivity contribution in [2.24, 2.45) is 0 Å². The van der Waals surface area contributed by atoms with Crippen LogP contribution in [0.3, 0.4) is 0 Å². The van der Waals surface area contributed by atoms with E-state index >= 15 is 0 Å². The molecule has 2 rings (SSSR count). The fraction of sp³-hybridized carbons (Fsp3) is 0.250. The van der Waals surface area contributed by atoms with Gasteiger partial charge in [-0.2, -0.15) is 8.78 Å². The smallest absolute Gasteiger partial charge is 0.387 e. The third kappa shape index (κ3) is 5.99. The molecule has 5 nitrogen and oxygen atoms in total. The monoisotopic (exact) mass is 377 g/mol.